The third-order valence-corrected chi connectivity index (χ3v) is 4.06. The maximum atomic E-state index is 8.81. The first-order chi connectivity index (χ1) is 10.2. The minimum atomic E-state index is 0.524. The molecule has 6 nitrogen and oxygen atoms in total. The van der Waals surface area contributed by atoms with Crippen LogP contribution < -0.4 is 0 Å². The molecule has 2 aromatic heterocycles. The Kier molecular flexibility index (Phi) is 4.02. The number of hydrogen-bond donors (Lipinski definition) is 1. The first-order valence-electron chi connectivity index (χ1n) is 7.41. The molecule has 3 heterocycles. The van der Waals surface area contributed by atoms with E-state index in [2.05, 4.69) is 32.3 Å². The van der Waals surface area contributed by atoms with Crippen LogP contribution in [0.1, 0.15) is 35.7 Å². The van der Waals surface area contributed by atoms with Gasteiger partial charge in [0.25, 0.3) is 0 Å². The molecule has 0 saturated carbocycles. The van der Waals surface area contributed by atoms with E-state index in [1.165, 1.54) is 18.5 Å². The molecule has 0 amide bonds. The number of nitriles is 1. The van der Waals surface area contributed by atoms with Crippen molar-refractivity contribution >= 4 is 0 Å². The Balaban J connectivity index is 1.55. The largest absolute Gasteiger partial charge is 0.301 e. The van der Waals surface area contributed by atoms with Crippen molar-refractivity contribution in [1.29, 1.82) is 5.26 Å². The number of hydrogen-bond acceptors (Lipinski definition) is 4. The predicted molar refractivity (Wildman–Crippen MR) is 78.7 cm³/mol. The second-order valence-electron chi connectivity index (χ2n) is 5.72. The van der Waals surface area contributed by atoms with Gasteiger partial charge in [0.15, 0.2) is 0 Å². The number of nitrogens with zero attached hydrogens (tertiary/aromatic N) is 5. The van der Waals surface area contributed by atoms with Crippen molar-refractivity contribution in [2.75, 3.05) is 19.6 Å². The van der Waals surface area contributed by atoms with Crippen LogP contribution in [0.4, 0.5) is 0 Å². The summed E-state index contributed by atoms with van der Waals surface area (Å²) in [5.74, 6) is 0.524. The molecule has 1 aliphatic rings. The second kappa shape index (κ2) is 6.10. The third-order valence-electron chi connectivity index (χ3n) is 4.06. The molecule has 1 saturated heterocycles. The quantitative estimate of drug-likeness (QED) is 0.926. The van der Waals surface area contributed by atoms with Crippen molar-refractivity contribution in [3.8, 4) is 6.07 Å². The van der Waals surface area contributed by atoms with E-state index in [4.69, 9.17) is 5.26 Å². The van der Waals surface area contributed by atoms with Crippen molar-refractivity contribution in [3.05, 3.63) is 35.4 Å². The standard InChI is InChI=1S/C15H20N6/c1-12-7-15(19-18-12)14-3-2-4-20(11-14)5-6-21-10-13(8-16)9-17-21/h7,9-10,14H,2-6,11H2,1H3,(H,18,19)/t14-/m0/s1. The Morgan fingerprint density at radius 2 is 2.38 bits per heavy atom. The average Bonchev–Trinajstić information content (AvgIpc) is 3.14. The summed E-state index contributed by atoms with van der Waals surface area (Å²) in [6, 6.07) is 4.26. The summed E-state index contributed by atoms with van der Waals surface area (Å²) in [4.78, 5) is 2.46. The molecule has 110 valence electrons. The molecule has 0 unspecified atom stereocenters. The summed E-state index contributed by atoms with van der Waals surface area (Å²) in [6.45, 7) is 6.02. The van der Waals surface area contributed by atoms with Crippen LogP contribution in [0.25, 0.3) is 0 Å². The van der Waals surface area contributed by atoms with E-state index in [9.17, 15) is 0 Å². The van der Waals surface area contributed by atoms with E-state index in [1.807, 2.05) is 11.6 Å². The van der Waals surface area contributed by atoms with Gasteiger partial charge in [-0.1, -0.05) is 0 Å². The van der Waals surface area contributed by atoms with E-state index in [0.29, 0.717) is 11.5 Å². The van der Waals surface area contributed by atoms with Crippen molar-refractivity contribution in [2.45, 2.75) is 32.2 Å². The van der Waals surface area contributed by atoms with Gasteiger partial charge in [0.2, 0.25) is 0 Å². The van der Waals surface area contributed by atoms with Crippen molar-refractivity contribution in [2.24, 2.45) is 0 Å². The molecule has 0 spiro atoms. The zero-order chi connectivity index (χ0) is 14.7. The Hall–Kier alpha value is -2.13. The average molecular weight is 284 g/mol. The number of H-pyrrole nitrogens is 1. The normalized spacial score (nSPS) is 19.5. The Morgan fingerprint density at radius 3 is 3.10 bits per heavy atom. The van der Waals surface area contributed by atoms with Gasteiger partial charge < -0.3 is 4.90 Å². The molecule has 1 atom stereocenters. The van der Waals surface area contributed by atoms with Gasteiger partial charge in [-0.05, 0) is 32.4 Å². The molecule has 0 aliphatic carbocycles. The zero-order valence-electron chi connectivity index (χ0n) is 12.3. The molecular weight excluding hydrogens is 264 g/mol. The van der Waals surface area contributed by atoms with Crippen LogP contribution >= 0.6 is 0 Å². The number of aromatic amines is 1. The second-order valence-corrected chi connectivity index (χ2v) is 5.72. The van der Waals surface area contributed by atoms with Crippen LogP contribution in [0.15, 0.2) is 18.5 Å². The molecule has 0 radical (unpaired) electrons. The fourth-order valence-electron chi connectivity index (χ4n) is 2.94. The van der Waals surface area contributed by atoms with Crippen LogP contribution in [0, 0.1) is 18.3 Å². The van der Waals surface area contributed by atoms with Gasteiger partial charge >= 0.3 is 0 Å². The van der Waals surface area contributed by atoms with Crippen molar-refractivity contribution in [1.82, 2.24) is 24.9 Å². The van der Waals surface area contributed by atoms with E-state index >= 15 is 0 Å². The van der Waals surface area contributed by atoms with E-state index in [0.717, 1.165) is 31.9 Å². The lowest BCUT2D eigenvalue weighted by Crippen LogP contribution is -2.36. The highest BCUT2D eigenvalue weighted by Gasteiger charge is 2.22. The molecule has 6 heteroatoms. The number of aryl methyl sites for hydroxylation is 1. The first kappa shape index (κ1) is 13.8. The molecule has 0 bridgehead atoms. The molecule has 1 aliphatic heterocycles. The Morgan fingerprint density at radius 1 is 1.48 bits per heavy atom. The summed E-state index contributed by atoms with van der Waals surface area (Å²) >= 11 is 0. The lowest BCUT2D eigenvalue weighted by Gasteiger charge is -2.31. The SMILES string of the molecule is Cc1cc([C@H]2CCCN(CCn3cc(C#N)cn3)C2)n[nH]1. The summed E-state index contributed by atoms with van der Waals surface area (Å²) in [5.41, 5.74) is 2.93. The van der Waals surface area contributed by atoms with Gasteiger partial charge in [-0.15, -0.1) is 0 Å². The lowest BCUT2D eigenvalue weighted by atomic mass is 9.95. The van der Waals surface area contributed by atoms with Crippen LogP contribution in [0.3, 0.4) is 0 Å². The lowest BCUT2D eigenvalue weighted by molar-refractivity contribution is 0.197. The Bertz CT molecular complexity index is 635. The number of piperidine rings is 1. The van der Waals surface area contributed by atoms with Gasteiger partial charge in [0.05, 0.1) is 24.0 Å². The number of rotatable bonds is 4. The number of nitrogens with one attached hydrogen (secondary N) is 1. The fourth-order valence-corrected chi connectivity index (χ4v) is 2.94. The highest BCUT2D eigenvalue weighted by molar-refractivity contribution is 5.21. The van der Waals surface area contributed by atoms with Crippen LogP contribution in [0.2, 0.25) is 0 Å². The molecule has 2 aromatic rings. The van der Waals surface area contributed by atoms with Crippen molar-refractivity contribution < 1.29 is 0 Å². The van der Waals surface area contributed by atoms with Crippen LogP contribution in [-0.2, 0) is 6.54 Å². The fraction of sp³-hybridized carbons (Fsp3) is 0.533. The zero-order valence-corrected chi connectivity index (χ0v) is 12.3. The molecule has 1 fully saturated rings. The summed E-state index contributed by atoms with van der Waals surface area (Å²) in [7, 11) is 0. The maximum absolute atomic E-state index is 8.81. The van der Waals surface area contributed by atoms with E-state index in [-0.39, 0.29) is 0 Å². The molecule has 0 aromatic carbocycles. The van der Waals surface area contributed by atoms with Gasteiger partial charge in [0.1, 0.15) is 6.07 Å². The van der Waals surface area contributed by atoms with Gasteiger partial charge in [-0.25, -0.2) is 0 Å². The van der Waals surface area contributed by atoms with Gasteiger partial charge in [-0.3, -0.25) is 9.78 Å². The highest BCUT2D eigenvalue weighted by atomic mass is 15.3. The molecule has 1 N–H and O–H groups in total. The van der Waals surface area contributed by atoms with E-state index in [1.54, 1.807) is 12.4 Å². The summed E-state index contributed by atoms with van der Waals surface area (Å²) in [6.07, 6.45) is 5.84. The maximum Gasteiger partial charge on any atom is 0.102 e. The monoisotopic (exact) mass is 284 g/mol. The minimum Gasteiger partial charge on any atom is -0.301 e. The smallest absolute Gasteiger partial charge is 0.102 e. The van der Waals surface area contributed by atoms with Gasteiger partial charge in [0, 0.05) is 30.9 Å². The topological polar surface area (TPSA) is 73.5 Å². The summed E-state index contributed by atoms with van der Waals surface area (Å²) in [5, 5.41) is 20.4. The van der Waals surface area contributed by atoms with E-state index < -0.39 is 0 Å². The molecule has 3 rings (SSSR count). The van der Waals surface area contributed by atoms with Gasteiger partial charge in [-0.2, -0.15) is 15.5 Å². The minimum absolute atomic E-state index is 0.524. The molecular formula is C15H20N6. The summed E-state index contributed by atoms with van der Waals surface area (Å²) < 4.78 is 1.85. The predicted octanol–water partition coefficient (Wildman–Crippen LogP) is 1.67. The van der Waals surface area contributed by atoms with Crippen molar-refractivity contribution in [3.63, 3.8) is 0 Å². The third kappa shape index (κ3) is 3.31. The highest BCUT2D eigenvalue weighted by Crippen LogP contribution is 2.25. The first-order valence-corrected chi connectivity index (χ1v) is 7.41. The van der Waals surface area contributed by atoms with Crippen LogP contribution in [-0.4, -0.2) is 44.5 Å². The Labute approximate surface area is 124 Å². The number of likely N-dealkylation sites (tertiary alicyclic amines) is 1. The van der Waals surface area contributed by atoms with Crippen LogP contribution in [0.5, 0.6) is 0 Å². The molecule has 21 heavy (non-hydrogen) atoms. The number of aromatic nitrogens is 4.